The molecule has 0 radical (unpaired) electrons. The summed E-state index contributed by atoms with van der Waals surface area (Å²) in [5.74, 6) is 0. The Labute approximate surface area is 127 Å². The Balaban J connectivity index is 2.25. The van der Waals surface area contributed by atoms with E-state index in [1.165, 1.54) is 4.31 Å². The van der Waals surface area contributed by atoms with Gasteiger partial charge in [0.05, 0.1) is 11.0 Å². The molecule has 5 nitrogen and oxygen atoms in total. The molecule has 1 fully saturated rings. The molecule has 21 heavy (non-hydrogen) atoms. The molecule has 0 bridgehead atoms. The highest BCUT2D eigenvalue weighted by molar-refractivity contribution is 7.89. The maximum atomic E-state index is 12.7. The minimum absolute atomic E-state index is 0.00190. The number of sulfonamides is 1. The average Bonchev–Trinajstić information content (AvgIpc) is 2.48. The number of aryl methyl sites for hydroxylation is 1. The molecule has 2 N–H and O–H groups in total. The van der Waals surface area contributed by atoms with E-state index in [0.29, 0.717) is 31.1 Å². The zero-order valence-corrected chi connectivity index (χ0v) is 13.5. The fourth-order valence-corrected chi connectivity index (χ4v) is 4.23. The van der Waals surface area contributed by atoms with Crippen LogP contribution < -0.4 is 5.73 Å². The summed E-state index contributed by atoms with van der Waals surface area (Å²) < 4.78 is 32.6. The normalized spacial score (nSPS) is 20.6. The monoisotopic (exact) mass is 312 g/mol. The van der Waals surface area contributed by atoms with Crippen LogP contribution in [-0.2, 0) is 21.3 Å². The Bertz CT molecular complexity index is 585. The van der Waals surface area contributed by atoms with Crippen molar-refractivity contribution in [3.8, 4) is 0 Å². The molecule has 1 aromatic carbocycles. The molecule has 0 aliphatic carbocycles. The van der Waals surface area contributed by atoms with Crippen molar-refractivity contribution >= 4 is 10.0 Å². The van der Waals surface area contributed by atoms with E-state index in [4.69, 9.17) is 10.5 Å². The molecule has 1 heterocycles. The lowest BCUT2D eigenvalue weighted by molar-refractivity contribution is 0.0265. The summed E-state index contributed by atoms with van der Waals surface area (Å²) >= 11 is 0. The first-order chi connectivity index (χ1) is 9.98. The lowest BCUT2D eigenvalue weighted by atomic mass is 10.1. The zero-order chi connectivity index (χ0) is 15.5. The van der Waals surface area contributed by atoms with Crippen LogP contribution in [0.3, 0.4) is 0 Å². The molecule has 0 amide bonds. The second-order valence-electron chi connectivity index (χ2n) is 5.38. The van der Waals surface area contributed by atoms with Gasteiger partial charge in [-0.15, -0.1) is 0 Å². The van der Waals surface area contributed by atoms with Gasteiger partial charge in [0.15, 0.2) is 0 Å². The van der Waals surface area contributed by atoms with Crippen molar-refractivity contribution in [2.24, 2.45) is 5.73 Å². The number of piperidine rings is 1. The quantitative estimate of drug-likeness (QED) is 0.897. The second-order valence-corrected chi connectivity index (χ2v) is 7.31. The van der Waals surface area contributed by atoms with Gasteiger partial charge >= 0.3 is 0 Å². The molecule has 6 heteroatoms. The minimum atomic E-state index is -3.46. The molecule has 1 atom stereocenters. The predicted molar refractivity (Wildman–Crippen MR) is 82.5 cm³/mol. The summed E-state index contributed by atoms with van der Waals surface area (Å²) in [6, 6.07) is 5.17. The zero-order valence-electron chi connectivity index (χ0n) is 12.7. The van der Waals surface area contributed by atoms with Crippen molar-refractivity contribution in [1.29, 1.82) is 0 Å². The standard InChI is InChI=1S/C15H24N2O3S/c1-3-20-14-5-4-8-17(11-14)21(18,19)15-7-6-12(2)13(9-15)10-16/h6-7,9,14H,3-5,8,10-11,16H2,1-2H3. The van der Waals surface area contributed by atoms with E-state index >= 15 is 0 Å². The van der Waals surface area contributed by atoms with Crippen molar-refractivity contribution in [2.45, 2.75) is 44.2 Å². The van der Waals surface area contributed by atoms with Crippen LogP contribution in [0.5, 0.6) is 0 Å². The molecular formula is C15H24N2O3S. The largest absolute Gasteiger partial charge is 0.377 e. The Morgan fingerprint density at radius 2 is 2.19 bits per heavy atom. The Morgan fingerprint density at radius 1 is 1.43 bits per heavy atom. The van der Waals surface area contributed by atoms with Gasteiger partial charge < -0.3 is 10.5 Å². The van der Waals surface area contributed by atoms with E-state index in [2.05, 4.69) is 0 Å². The van der Waals surface area contributed by atoms with E-state index in [9.17, 15) is 8.42 Å². The Morgan fingerprint density at radius 3 is 2.86 bits per heavy atom. The molecule has 1 saturated heterocycles. The van der Waals surface area contributed by atoms with Crippen LogP contribution in [-0.4, -0.2) is 38.5 Å². The van der Waals surface area contributed by atoms with Crippen LogP contribution in [0.4, 0.5) is 0 Å². The van der Waals surface area contributed by atoms with Crippen molar-refractivity contribution in [1.82, 2.24) is 4.31 Å². The lowest BCUT2D eigenvalue weighted by Crippen LogP contribution is -2.43. The number of benzene rings is 1. The van der Waals surface area contributed by atoms with Crippen LogP contribution in [0.1, 0.15) is 30.9 Å². The van der Waals surface area contributed by atoms with Crippen LogP contribution in [0.25, 0.3) is 0 Å². The fourth-order valence-electron chi connectivity index (χ4n) is 2.67. The summed E-state index contributed by atoms with van der Waals surface area (Å²) in [5, 5.41) is 0. The minimum Gasteiger partial charge on any atom is -0.377 e. The molecule has 1 aromatic rings. The molecule has 2 rings (SSSR count). The van der Waals surface area contributed by atoms with Crippen LogP contribution in [0.15, 0.2) is 23.1 Å². The van der Waals surface area contributed by atoms with E-state index in [1.807, 2.05) is 19.9 Å². The molecule has 1 aliphatic rings. The maximum Gasteiger partial charge on any atom is 0.243 e. The van der Waals surface area contributed by atoms with Crippen LogP contribution in [0, 0.1) is 6.92 Å². The molecule has 0 saturated carbocycles. The molecule has 1 unspecified atom stereocenters. The Kier molecular flexibility index (Phi) is 5.37. The van der Waals surface area contributed by atoms with Crippen LogP contribution >= 0.6 is 0 Å². The summed E-state index contributed by atoms with van der Waals surface area (Å²) in [7, 11) is -3.46. The third kappa shape index (κ3) is 3.63. The highest BCUT2D eigenvalue weighted by Crippen LogP contribution is 2.23. The van der Waals surface area contributed by atoms with Gasteiger partial charge in [0.1, 0.15) is 0 Å². The van der Waals surface area contributed by atoms with Gasteiger partial charge in [-0.05, 0) is 49.9 Å². The summed E-state index contributed by atoms with van der Waals surface area (Å²) in [6.45, 7) is 5.81. The van der Waals surface area contributed by atoms with E-state index in [0.717, 1.165) is 24.0 Å². The van der Waals surface area contributed by atoms with Gasteiger partial charge in [-0.25, -0.2) is 8.42 Å². The molecule has 0 aromatic heterocycles. The molecular weight excluding hydrogens is 288 g/mol. The number of rotatable bonds is 5. The molecule has 118 valence electrons. The van der Waals surface area contributed by atoms with Gasteiger partial charge in [-0.1, -0.05) is 6.07 Å². The number of hydrogen-bond acceptors (Lipinski definition) is 4. The van der Waals surface area contributed by atoms with Crippen molar-refractivity contribution in [3.05, 3.63) is 29.3 Å². The smallest absolute Gasteiger partial charge is 0.243 e. The van der Waals surface area contributed by atoms with Crippen molar-refractivity contribution in [3.63, 3.8) is 0 Å². The number of hydrogen-bond donors (Lipinski definition) is 1. The maximum absolute atomic E-state index is 12.7. The van der Waals surface area contributed by atoms with Gasteiger partial charge in [-0.3, -0.25) is 0 Å². The van der Waals surface area contributed by atoms with E-state index in [1.54, 1.807) is 12.1 Å². The van der Waals surface area contributed by atoms with Crippen molar-refractivity contribution in [2.75, 3.05) is 19.7 Å². The van der Waals surface area contributed by atoms with Crippen molar-refractivity contribution < 1.29 is 13.2 Å². The first-order valence-electron chi connectivity index (χ1n) is 7.40. The highest BCUT2D eigenvalue weighted by Gasteiger charge is 2.30. The van der Waals surface area contributed by atoms with Gasteiger partial charge in [0.2, 0.25) is 10.0 Å². The summed E-state index contributed by atoms with van der Waals surface area (Å²) in [5.41, 5.74) is 7.56. The lowest BCUT2D eigenvalue weighted by Gasteiger charge is -2.31. The Hall–Kier alpha value is -0.950. The summed E-state index contributed by atoms with van der Waals surface area (Å²) in [6.07, 6.45) is 1.75. The van der Waals surface area contributed by atoms with Gasteiger partial charge in [0, 0.05) is 26.2 Å². The molecule has 0 spiro atoms. The third-order valence-electron chi connectivity index (χ3n) is 3.92. The fraction of sp³-hybridized carbons (Fsp3) is 0.600. The highest BCUT2D eigenvalue weighted by atomic mass is 32.2. The van der Waals surface area contributed by atoms with Crippen LogP contribution in [0.2, 0.25) is 0 Å². The van der Waals surface area contributed by atoms with Gasteiger partial charge in [0.25, 0.3) is 0 Å². The topological polar surface area (TPSA) is 72.6 Å². The van der Waals surface area contributed by atoms with Gasteiger partial charge in [-0.2, -0.15) is 4.31 Å². The SMILES string of the molecule is CCOC1CCCN(S(=O)(=O)c2ccc(C)c(CN)c2)C1. The molecule has 1 aliphatic heterocycles. The van der Waals surface area contributed by atoms with E-state index < -0.39 is 10.0 Å². The number of nitrogens with two attached hydrogens (primary N) is 1. The number of ether oxygens (including phenoxy) is 1. The summed E-state index contributed by atoms with van der Waals surface area (Å²) in [4.78, 5) is 0.325. The number of nitrogens with zero attached hydrogens (tertiary/aromatic N) is 1. The predicted octanol–water partition coefficient (Wildman–Crippen LogP) is 1.64. The second kappa shape index (κ2) is 6.87. The first-order valence-corrected chi connectivity index (χ1v) is 8.84. The third-order valence-corrected chi connectivity index (χ3v) is 5.78. The average molecular weight is 312 g/mol. The van der Waals surface area contributed by atoms with E-state index in [-0.39, 0.29) is 6.10 Å². The first kappa shape index (κ1) is 16.4.